The molecule has 3 rings (SSSR count). The third kappa shape index (κ3) is 2.74. The summed E-state index contributed by atoms with van der Waals surface area (Å²) < 4.78 is 5.01. The fourth-order valence-corrected chi connectivity index (χ4v) is 3.10. The van der Waals surface area contributed by atoms with E-state index in [2.05, 4.69) is 30.8 Å². The van der Waals surface area contributed by atoms with Gasteiger partial charge in [0.1, 0.15) is 5.69 Å². The van der Waals surface area contributed by atoms with Gasteiger partial charge in [-0.1, -0.05) is 38.1 Å². The van der Waals surface area contributed by atoms with Crippen LogP contribution in [0.2, 0.25) is 5.02 Å². The molecular formula is C12H11BrClN3S. The van der Waals surface area contributed by atoms with Crippen LogP contribution in [0.4, 0.5) is 0 Å². The van der Waals surface area contributed by atoms with E-state index in [9.17, 15) is 0 Å². The van der Waals surface area contributed by atoms with Crippen LogP contribution in [0.3, 0.4) is 0 Å². The first-order chi connectivity index (χ1) is 8.74. The van der Waals surface area contributed by atoms with Crippen LogP contribution in [0.15, 0.2) is 22.7 Å². The molecule has 6 heteroatoms. The Morgan fingerprint density at radius 1 is 1.44 bits per heavy atom. The molecule has 0 unspecified atom stereocenters. The van der Waals surface area contributed by atoms with Crippen LogP contribution in [-0.4, -0.2) is 15.6 Å². The lowest BCUT2D eigenvalue weighted by Crippen LogP contribution is -2.14. The maximum atomic E-state index is 6.25. The summed E-state index contributed by atoms with van der Waals surface area (Å²) in [6.45, 7) is 0.823. The van der Waals surface area contributed by atoms with E-state index in [1.54, 1.807) is 0 Å². The Morgan fingerprint density at radius 3 is 3.00 bits per heavy atom. The Labute approximate surface area is 123 Å². The number of halogens is 2. The van der Waals surface area contributed by atoms with E-state index < -0.39 is 0 Å². The Hall–Kier alpha value is -0.490. The molecule has 94 valence electrons. The summed E-state index contributed by atoms with van der Waals surface area (Å²) in [4.78, 5) is 1.14. The van der Waals surface area contributed by atoms with E-state index in [1.807, 2.05) is 18.2 Å². The lowest BCUT2D eigenvalue weighted by atomic mass is 10.1. The molecule has 1 N–H and O–H groups in total. The van der Waals surface area contributed by atoms with Crippen molar-refractivity contribution in [2.45, 2.75) is 25.4 Å². The van der Waals surface area contributed by atoms with Gasteiger partial charge in [-0.25, -0.2) is 0 Å². The zero-order valence-corrected chi connectivity index (χ0v) is 12.6. The number of hydrogen-bond acceptors (Lipinski definition) is 4. The summed E-state index contributed by atoms with van der Waals surface area (Å²) in [5, 5.41) is 8.38. The first kappa shape index (κ1) is 12.5. The van der Waals surface area contributed by atoms with Gasteiger partial charge in [0, 0.05) is 22.6 Å². The second kappa shape index (κ2) is 5.25. The van der Waals surface area contributed by atoms with Crippen molar-refractivity contribution in [3.8, 4) is 11.3 Å². The van der Waals surface area contributed by atoms with Crippen molar-refractivity contribution in [1.29, 1.82) is 0 Å². The molecule has 0 bridgehead atoms. The molecule has 0 spiro atoms. The smallest absolute Gasteiger partial charge is 0.111 e. The molecule has 0 amide bonds. The average molecular weight is 345 g/mol. The molecule has 3 nitrogen and oxygen atoms in total. The maximum Gasteiger partial charge on any atom is 0.111 e. The molecule has 0 atom stereocenters. The molecule has 18 heavy (non-hydrogen) atoms. The van der Waals surface area contributed by atoms with Gasteiger partial charge in [0.05, 0.1) is 9.90 Å². The molecule has 2 aromatic rings. The van der Waals surface area contributed by atoms with Gasteiger partial charge in [-0.2, -0.15) is 0 Å². The minimum atomic E-state index is 0.681. The Kier molecular flexibility index (Phi) is 3.66. The summed E-state index contributed by atoms with van der Waals surface area (Å²) in [6.07, 6.45) is 2.56. The molecule has 1 aromatic carbocycles. The van der Waals surface area contributed by atoms with Gasteiger partial charge in [0.2, 0.25) is 0 Å². The lowest BCUT2D eigenvalue weighted by molar-refractivity contribution is 0.695. The number of nitrogens with one attached hydrogen (secondary N) is 1. The third-order valence-corrected chi connectivity index (χ3v) is 4.40. The van der Waals surface area contributed by atoms with Gasteiger partial charge in [0.25, 0.3) is 0 Å². The van der Waals surface area contributed by atoms with Crippen molar-refractivity contribution >= 4 is 39.1 Å². The quantitative estimate of drug-likeness (QED) is 0.915. The van der Waals surface area contributed by atoms with E-state index in [0.29, 0.717) is 11.1 Å². The van der Waals surface area contributed by atoms with Crippen molar-refractivity contribution in [2.75, 3.05) is 0 Å². The number of hydrogen-bond donors (Lipinski definition) is 1. The van der Waals surface area contributed by atoms with E-state index >= 15 is 0 Å². The van der Waals surface area contributed by atoms with Crippen molar-refractivity contribution < 1.29 is 0 Å². The fourth-order valence-electron chi connectivity index (χ4n) is 1.74. The average Bonchev–Trinajstić information content (AvgIpc) is 3.06. The molecule has 1 fully saturated rings. The monoisotopic (exact) mass is 343 g/mol. The molecule has 1 saturated carbocycles. The van der Waals surface area contributed by atoms with E-state index in [0.717, 1.165) is 27.2 Å². The predicted octanol–water partition coefficient (Wildman–Crippen LogP) is 3.87. The van der Waals surface area contributed by atoms with E-state index in [-0.39, 0.29) is 0 Å². The van der Waals surface area contributed by atoms with Crippen LogP contribution in [0.1, 0.15) is 17.7 Å². The molecule has 1 heterocycles. The molecule has 0 saturated heterocycles. The number of nitrogens with zero attached hydrogens (tertiary/aromatic N) is 2. The minimum absolute atomic E-state index is 0.681. The highest BCUT2D eigenvalue weighted by Gasteiger charge is 2.22. The second-order valence-electron chi connectivity index (χ2n) is 4.32. The van der Waals surface area contributed by atoms with Crippen LogP contribution in [0, 0.1) is 0 Å². The van der Waals surface area contributed by atoms with E-state index in [4.69, 9.17) is 11.6 Å². The molecule has 1 aliphatic rings. The second-order valence-corrected chi connectivity index (χ2v) is 6.49. The summed E-state index contributed by atoms with van der Waals surface area (Å²) in [5.74, 6) is 0. The standard InChI is InChI=1S/C12H11BrClN3S/c13-7-1-4-9(10(14)5-7)12-11(18-17-16-12)6-15-8-2-3-8/h1,4-5,8,15H,2-3,6H2. The SMILES string of the molecule is Clc1cc(Br)ccc1-c1nnsc1CNC1CC1. The molecule has 1 aromatic heterocycles. The number of rotatable bonds is 4. The predicted molar refractivity (Wildman–Crippen MR) is 77.9 cm³/mol. The normalized spacial score (nSPS) is 15.0. The van der Waals surface area contributed by atoms with E-state index in [1.165, 1.54) is 24.4 Å². The summed E-state index contributed by atoms with van der Waals surface area (Å²) >= 11 is 11.1. The highest BCUT2D eigenvalue weighted by atomic mass is 79.9. The fraction of sp³-hybridized carbons (Fsp3) is 0.333. The zero-order valence-electron chi connectivity index (χ0n) is 9.49. The topological polar surface area (TPSA) is 37.8 Å². The molecule has 0 radical (unpaired) electrons. The molecule has 1 aliphatic carbocycles. The maximum absolute atomic E-state index is 6.25. The summed E-state index contributed by atoms with van der Waals surface area (Å²) in [7, 11) is 0. The first-order valence-electron chi connectivity index (χ1n) is 5.74. The van der Waals surface area contributed by atoms with Gasteiger partial charge < -0.3 is 5.32 Å². The minimum Gasteiger partial charge on any atom is -0.309 e. The van der Waals surface area contributed by atoms with Crippen molar-refractivity contribution in [3.63, 3.8) is 0 Å². The van der Waals surface area contributed by atoms with Gasteiger partial charge in [-0.3, -0.25) is 0 Å². The Balaban J connectivity index is 1.88. The summed E-state index contributed by atoms with van der Waals surface area (Å²) in [5.41, 5.74) is 1.84. The van der Waals surface area contributed by atoms with Crippen LogP contribution in [0.5, 0.6) is 0 Å². The van der Waals surface area contributed by atoms with Crippen LogP contribution in [-0.2, 0) is 6.54 Å². The van der Waals surface area contributed by atoms with Gasteiger partial charge in [-0.05, 0) is 36.5 Å². The third-order valence-electron chi connectivity index (χ3n) is 2.87. The van der Waals surface area contributed by atoms with Crippen molar-refractivity contribution in [3.05, 3.63) is 32.6 Å². The molecular weight excluding hydrogens is 334 g/mol. The lowest BCUT2D eigenvalue weighted by Gasteiger charge is -2.05. The van der Waals surface area contributed by atoms with Gasteiger partial charge in [0.15, 0.2) is 0 Å². The van der Waals surface area contributed by atoms with Crippen LogP contribution in [0.25, 0.3) is 11.3 Å². The van der Waals surface area contributed by atoms with Gasteiger partial charge in [-0.15, -0.1) is 5.10 Å². The highest BCUT2D eigenvalue weighted by Crippen LogP contribution is 2.32. The largest absolute Gasteiger partial charge is 0.309 e. The van der Waals surface area contributed by atoms with Crippen LogP contribution < -0.4 is 5.32 Å². The summed E-state index contributed by atoms with van der Waals surface area (Å²) in [6, 6.07) is 6.51. The van der Waals surface area contributed by atoms with Crippen molar-refractivity contribution in [1.82, 2.24) is 14.9 Å². The molecule has 0 aliphatic heterocycles. The zero-order chi connectivity index (χ0) is 12.5. The Bertz CT molecular complexity index is 568. The van der Waals surface area contributed by atoms with Crippen LogP contribution >= 0.6 is 39.1 Å². The number of benzene rings is 1. The highest BCUT2D eigenvalue weighted by molar-refractivity contribution is 9.10. The number of aromatic nitrogens is 2. The first-order valence-corrected chi connectivity index (χ1v) is 7.68. The Morgan fingerprint density at radius 2 is 2.28 bits per heavy atom. The van der Waals surface area contributed by atoms with Crippen molar-refractivity contribution in [2.24, 2.45) is 0 Å². The van der Waals surface area contributed by atoms with Gasteiger partial charge >= 0.3 is 0 Å².